The molecule has 9 heteroatoms. The number of hydrogen-bond donors (Lipinski definition) is 1. The van der Waals surface area contributed by atoms with Crippen LogP contribution in [0.2, 0.25) is 0 Å². The lowest BCUT2D eigenvalue weighted by molar-refractivity contribution is 0.391. The normalized spacial score (nSPS) is 11.2. The Hall–Kier alpha value is -1.51. The number of unbranched alkanes of at least 4 members (excludes halogenated alkanes) is 2. The van der Waals surface area contributed by atoms with E-state index in [1.165, 1.54) is 24.3 Å². The van der Waals surface area contributed by atoms with Crippen molar-refractivity contribution >= 4 is 22.2 Å². The fourth-order valence-electron chi connectivity index (χ4n) is 1.97. The molecule has 1 aromatic heterocycles. The van der Waals surface area contributed by atoms with Gasteiger partial charge in [0, 0.05) is 6.42 Å². The smallest absolute Gasteiger partial charge is 0.335 e. The maximum absolute atomic E-state index is 13.1. The molecule has 6 nitrogen and oxygen atoms in total. The highest BCUT2D eigenvalue weighted by atomic mass is 35.5. The second-order valence-electron chi connectivity index (χ2n) is 4.95. The van der Waals surface area contributed by atoms with Gasteiger partial charge in [0.2, 0.25) is 15.7 Å². The molecule has 0 aliphatic carbocycles. The molecule has 0 bridgehead atoms. The lowest BCUT2D eigenvalue weighted by Gasteiger charge is -2.00. The Labute approximate surface area is 140 Å². The minimum absolute atomic E-state index is 0. The van der Waals surface area contributed by atoms with Gasteiger partial charge in [0.15, 0.2) is 0 Å². The summed E-state index contributed by atoms with van der Waals surface area (Å²) >= 11 is 0. The molecule has 0 saturated carbocycles. The van der Waals surface area contributed by atoms with E-state index >= 15 is 0 Å². The standard InChI is InChI=1S/C14H18FN3O3S.ClH/c15-12-6-4-5-11(9-12)10-22(19,20)14-18-17-13(21-14)7-2-1-3-8-16;/h4-6,9H,1-3,7-8,10,16H2;1H. The Morgan fingerprint density at radius 3 is 2.65 bits per heavy atom. The van der Waals surface area contributed by atoms with Crippen molar-refractivity contribution in [2.45, 2.75) is 36.7 Å². The Kier molecular flexibility index (Phi) is 7.60. The third-order valence-electron chi connectivity index (χ3n) is 3.05. The van der Waals surface area contributed by atoms with E-state index < -0.39 is 20.9 Å². The zero-order valence-corrected chi connectivity index (χ0v) is 14.1. The number of sulfone groups is 1. The number of nitrogens with two attached hydrogens (primary N) is 1. The van der Waals surface area contributed by atoms with Gasteiger partial charge in [0.1, 0.15) is 5.82 Å². The van der Waals surface area contributed by atoms with Crippen molar-refractivity contribution < 1.29 is 17.2 Å². The Balaban J connectivity index is 0.00000264. The van der Waals surface area contributed by atoms with Crippen molar-refractivity contribution in [1.29, 1.82) is 0 Å². The van der Waals surface area contributed by atoms with Gasteiger partial charge in [-0.25, -0.2) is 12.8 Å². The number of rotatable bonds is 8. The largest absolute Gasteiger partial charge is 0.413 e. The van der Waals surface area contributed by atoms with Crippen LogP contribution in [0.1, 0.15) is 30.7 Å². The van der Waals surface area contributed by atoms with Crippen LogP contribution in [0.15, 0.2) is 33.9 Å². The Bertz CT molecular complexity index is 722. The summed E-state index contributed by atoms with van der Waals surface area (Å²) in [5, 5.41) is 6.90. The average molecular weight is 364 g/mol. The van der Waals surface area contributed by atoms with Crippen LogP contribution in [-0.2, 0) is 22.0 Å². The van der Waals surface area contributed by atoms with Crippen LogP contribution in [0.4, 0.5) is 4.39 Å². The van der Waals surface area contributed by atoms with Crippen molar-refractivity contribution in [3.8, 4) is 0 Å². The first kappa shape index (κ1) is 19.5. The molecule has 0 atom stereocenters. The number of aromatic nitrogens is 2. The van der Waals surface area contributed by atoms with Crippen molar-refractivity contribution in [2.24, 2.45) is 5.73 Å². The molecule has 2 aromatic rings. The second-order valence-corrected chi connectivity index (χ2v) is 6.82. The molecule has 0 radical (unpaired) electrons. The van der Waals surface area contributed by atoms with Gasteiger partial charge >= 0.3 is 5.22 Å². The molecule has 2 rings (SSSR count). The highest BCUT2D eigenvalue weighted by molar-refractivity contribution is 7.90. The molecule has 0 aliphatic heterocycles. The third kappa shape index (κ3) is 5.89. The van der Waals surface area contributed by atoms with Crippen molar-refractivity contribution in [2.75, 3.05) is 6.54 Å². The summed E-state index contributed by atoms with van der Waals surface area (Å²) < 4.78 is 42.6. The highest BCUT2D eigenvalue weighted by Crippen LogP contribution is 2.17. The fourth-order valence-corrected chi connectivity index (χ4v) is 3.10. The number of nitrogens with zero attached hydrogens (tertiary/aromatic N) is 2. The van der Waals surface area contributed by atoms with Gasteiger partial charge < -0.3 is 10.2 Å². The summed E-state index contributed by atoms with van der Waals surface area (Å²) in [5.41, 5.74) is 5.73. The van der Waals surface area contributed by atoms with E-state index in [0.29, 0.717) is 18.5 Å². The van der Waals surface area contributed by atoms with Crippen LogP contribution in [0, 0.1) is 5.82 Å². The summed E-state index contributed by atoms with van der Waals surface area (Å²) in [6, 6.07) is 5.41. The molecule has 0 spiro atoms. The van der Waals surface area contributed by atoms with Gasteiger partial charge in [0.05, 0.1) is 5.75 Å². The first-order chi connectivity index (χ1) is 10.5. The molecular weight excluding hydrogens is 345 g/mol. The van der Waals surface area contributed by atoms with E-state index in [-0.39, 0.29) is 24.1 Å². The van der Waals surface area contributed by atoms with Gasteiger partial charge in [0.25, 0.3) is 0 Å². The molecule has 2 N–H and O–H groups in total. The molecule has 128 valence electrons. The maximum atomic E-state index is 13.1. The maximum Gasteiger partial charge on any atom is 0.335 e. The quantitative estimate of drug-likeness (QED) is 0.722. The second kappa shape index (κ2) is 8.95. The van der Waals surface area contributed by atoms with Crippen LogP contribution in [0.3, 0.4) is 0 Å². The number of benzene rings is 1. The Morgan fingerprint density at radius 1 is 1.17 bits per heavy atom. The lowest BCUT2D eigenvalue weighted by atomic mass is 10.2. The lowest BCUT2D eigenvalue weighted by Crippen LogP contribution is -2.05. The molecule has 1 heterocycles. The van der Waals surface area contributed by atoms with E-state index in [1.54, 1.807) is 0 Å². The van der Waals surface area contributed by atoms with Gasteiger partial charge in [-0.05, 0) is 37.1 Å². The summed E-state index contributed by atoms with van der Waals surface area (Å²) in [4.78, 5) is 0. The summed E-state index contributed by atoms with van der Waals surface area (Å²) in [5.74, 6) is -0.576. The SMILES string of the molecule is Cl.NCCCCCc1nnc(S(=O)(=O)Cc2cccc(F)c2)o1. The predicted octanol–water partition coefficient (Wildman–Crippen LogP) is 2.28. The predicted molar refractivity (Wildman–Crippen MR) is 85.4 cm³/mol. The highest BCUT2D eigenvalue weighted by Gasteiger charge is 2.23. The molecule has 0 saturated heterocycles. The Morgan fingerprint density at radius 2 is 1.96 bits per heavy atom. The molecular formula is C14H19ClFN3O3S. The van der Waals surface area contributed by atoms with E-state index in [4.69, 9.17) is 10.2 Å². The average Bonchev–Trinajstić information content (AvgIpc) is 2.93. The number of aryl methyl sites for hydroxylation is 1. The van der Waals surface area contributed by atoms with Crippen LogP contribution >= 0.6 is 12.4 Å². The first-order valence-electron chi connectivity index (χ1n) is 7.01. The fraction of sp³-hybridized carbons (Fsp3) is 0.429. The number of hydrogen-bond acceptors (Lipinski definition) is 6. The van der Waals surface area contributed by atoms with Crippen LogP contribution in [-0.4, -0.2) is 25.2 Å². The number of halogens is 2. The monoisotopic (exact) mass is 363 g/mol. The molecule has 0 amide bonds. The zero-order chi connectivity index (χ0) is 16.0. The van der Waals surface area contributed by atoms with Crippen LogP contribution in [0.5, 0.6) is 0 Å². The van der Waals surface area contributed by atoms with Crippen molar-refractivity contribution in [3.63, 3.8) is 0 Å². The van der Waals surface area contributed by atoms with Gasteiger partial charge in [-0.1, -0.05) is 23.7 Å². The molecule has 1 aromatic carbocycles. The summed E-state index contributed by atoms with van der Waals surface area (Å²) in [7, 11) is -3.77. The van der Waals surface area contributed by atoms with Gasteiger partial charge in [-0.3, -0.25) is 0 Å². The molecule has 0 fully saturated rings. The van der Waals surface area contributed by atoms with E-state index in [1.807, 2.05) is 0 Å². The van der Waals surface area contributed by atoms with Gasteiger partial charge in [-0.2, -0.15) is 0 Å². The third-order valence-corrected chi connectivity index (χ3v) is 4.47. The summed E-state index contributed by atoms with van der Waals surface area (Å²) in [6.07, 6.45) is 3.15. The molecule has 0 aliphatic rings. The molecule has 0 unspecified atom stereocenters. The van der Waals surface area contributed by atoms with Gasteiger partial charge in [-0.15, -0.1) is 17.5 Å². The van der Waals surface area contributed by atoms with Crippen molar-refractivity contribution in [1.82, 2.24) is 10.2 Å². The van der Waals surface area contributed by atoms with Crippen LogP contribution in [0.25, 0.3) is 0 Å². The topological polar surface area (TPSA) is 99.1 Å². The van der Waals surface area contributed by atoms with E-state index in [9.17, 15) is 12.8 Å². The minimum Gasteiger partial charge on any atom is -0.413 e. The van der Waals surface area contributed by atoms with Crippen LogP contribution < -0.4 is 5.73 Å². The molecule has 23 heavy (non-hydrogen) atoms. The van der Waals surface area contributed by atoms with E-state index in [2.05, 4.69) is 10.2 Å². The first-order valence-corrected chi connectivity index (χ1v) is 8.66. The van der Waals surface area contributed by atoms with E-state index in [0.717, 1.165) is 19.3 Å². The zero-order valence-electron chi connectivity index (χ0n) is 12.4. The van der Waals surface area contributed by atoms with Crippen molar-refractivity contribution in [3.05, 3.63) is 41.5 Å². The summed E-state index contributed by atoms with van der Waals surface area (Å²) in [6.45, 7) is 0.622. The minimum atomic E-state index is -3.77.